The van der Waals surface area contributed by atoms with Gasteiger partial charge in [0.25, 0.3) is 0 Å². The Morgan fingerprint density at radius 1 is 0.893 bits per heavy atom. The summed E-state index contributed by atoms with van der Waals surface area (Å²) in [5, 5.41) is 3.86. The third kappa shape index (κ3) is 3.36. The molecule has 0 aliphatic heterocycles. The number of nitrogens with one attached hydrogen (secondary N) is 1. The van der Waals surface area contributed by atoms with Crippen LogP contribution < -0.4 is 24.3 Å². The van der Waals surface area contributed by atoms with Crippen molar-refractivity contribution in [3.63, 3.8) is 0 Å². The highest BCUT2D eigenvalue weighted by atomic mass is 16.5. The molecule has 0 aliphatic carbocycles. The Morgan fingerprint density at radius 2 is 1.57 bits per heavy atom. The van der Waals surface area contributed by atoms with Crippen molar-refractivity contribution < 1.29 is 32.9 Å². The Balaban J connectivity index is 2.16. The molecule has 2 aromatic carbocycles. The number of furan rings is 1. The summed E-state index contributed by atoms with van der Waals surface area (Å²) < 4.78 is 31.9. The molecule has 148 valence electrons. The summed E-state index contributed by atoms with van der Waals surface area (Å²) in [7, 11) is 7.44. The Bertz CT molecular complexity index is 984. The Labute approximate surface area is 161 Å². The fourth-order valence-corrected chi connectivity index (χ4v) is 2.86. The van der Waals surface area contributed by atoms with Crippen molar-refractivity contribution in [2.45, 2.75) is 0 Å². The second-order valence-corrected chi connectivity index (χ2v) is 5.70. The summed E-state index contributed by atoms with van der Waals surface area (Å²) in [6.07, 6.45) is 0. The van der Waals surface area contributed by atoms with Crippen LogP contribution in [0.5, 0.6) is 23.0 Å². The number of carbonyl (C=O) groups is 1. The molecule has 1 aromatic heterocycles. The number of carbonyl (C=O) groups excluding carboxylic acids is 1. The first-order valence-corrected chi connectivity index (χ1v) is 8.32. The topological polar surface area (TPSA) is 88.4 Å². The highest BCUT2D eigenvalue weighted by molar-refractivity contribution is 6.05. The Hall–Kier alpha value is -3.55. The first kappa shape index (κ1) is 19.2. The molecule has 28 heavy (non-hydrogen) atoms. The number of rotatable bonds is 7. The summed E-state index contributed by atoms with van der Waals surface area (Å²) in [6.45, 7) is 0. The van der Waals surface area contributed by atoms with Gasteiger partial charge < -0.3 is 33.4 Å². The molecule has 0 bridgehead atoms. The normalized spacial score (nSPS) is 10.5. The lowest BCUT2D eigenvalue weighted by molar-refractivity contribution is 0.0569. The third-order valence-corrected chi connectivity index (χ3v) is 4.20. The maximum atomic E-state index is 12.2. The van der Waals surface area contributed by atoms with Gasteiger partial charge in [-0.3, -0.25) is 0 Å². The molecule has 0 unspecified atom stereocenters. The van der Waals surface area contributed by atoms with Crippen molar-refractivity contribution in [3.05, 3.63) is 36.1 Å². The molecule has 8 heteroatoms. The molecule has 1 N–H and O–H groups in total. The van der Waals surface area contributed by atoms with Gasteiger partial charge >= 0.3 is 5.97 Å². The number of esters is 1. The molecule has 3 rings (SSSR count). The Kier molecular flexibility index (Phi) is 5.49. The zero-order valence-electron chi connectivity index (χ0n) is 16.2. The molecule has 0 spiro atoms. The molecule has 1 heterocycles. The minimum absolute atomic E-state index is 0.0412. The van der Waals surface area contributed by atoms with E-state index in [0.717, 1.165) is 0 Å². The van der Waals surface area contributed by atoms with Crippen molar-refractivity contribution in [2.75, 3.05) is 40.9 Å². The number of fused-ring (bicyclic) bond motifs is 1. The van der Waals surface area contributed by atoms with E-state index in [9.17, 15) is 4.79 Å². The van der Waals surface area contributed by atoms with Gasteiger partial charge in [-0.2, -0.15) is 0 Å². The summed E-state index contributed by atoms with van der Waals surface area (Å²) in [5.41, 5.74) is 1.55. The number of ether oxygens (including phenoxy) is 5. The monoisotopic (exact) mass is 387 g/mol. The van der Waals surface area contributed by atoms with Gasteiger partial charge in [-0.1, -0.05) is 0 Å². The van der Waals surface area contributed by atoms with Gasteiger partial charge in [0.2, 0.25) is 11.5 Å². The molecule has 0 radical (unpaired) electrons. The number of hydrogen-bond acceptors (Lipinski definition) is 8. The van der Waals surface area contributed by atoms with E-state index < -0.39 is 5.97 Å². The van der Waals surface area contributed by atoms with Crippen LogP contribution in [0.25, 0.3) is 11.0 Å². The molecule has 0 saturated heterocycles. The lowest BCUT2D eigenvalue weighted by Gasteiger charge is -2.15. The average Bonchev–Trinajstić information content (AvgIpc) is 3.09. The average molecular weight is 387 g/mol. The van der Waals surface area contributed by atoms with E-state index in [-0.39, 0.29) is 5.76 Å². The standard InChI is InChI=1S/C20H21NO7/c1-23-12-6-7-14-13(10-12)17(19(28-14)20(22)27-5)21-11-8-15(24-2)18(26-4)16(9-11)25-3/h6-10,21H,1-5H3. The van der Waals surface area contributed by atoms with Crippen molar-refractivity contribution in [1.29, 1.82) is 0 Å². The van der Waals surface area contributed by atoms with Crippen molar-refractivity contribution >= 4 is 28.3 Å². The fraction of sp³-hybridized carbons (Fsp3) is 0.250. The van der Waals surface area contributed by atoms with Gasteiger partial charge in [-0.05, 0) is 18.2 Å². The quantitative estimate of drug-likeness (QED) is 0.609. The number of hydrogen-bond donors (Lipinski definition) is 1. The second-order valence-electron chi connectivity index (χ2n) is 5.70. The number of anilines is 2. The van der Waals surface area contributed by atoms with Crippen LogP contribution in [-0.4, -0.2) is 41.5 Å². The van der Waals surface area contributed by atoms with E-state index in [2.05, 4.69) is 5.32 Å². The molecule has 0 aliphatic rings. The smallest absolute Gasteiger partial charge is 0.376 e. The van der Waals surface area contributed by atoms with Crippen LogP contribution in [0.3, 0.4) is 0 Å². The fourth-order valence-electron chi connectivity index (χ4n) is 2.86. The zero-order valence-corrected chi connectivity index (χ0v) is 16.2. The van der Waals surface area contributed by atoms with Crippen LogP contribution in [0.2, 0.25) is 0 Å². The highest BCUT2D eigenvalue weighted by Gasteiger charge is 2.23. The van der Waals surface area contributed by atoms with E-state index in [1.165, 1.54) is 28.4 Å². The second kappa shape index (κ2) is 7.99. The molecule has 0 fully saturated rings. The highest BCUT2D eigenvalue weighted by Crippen LogP contribution is 2.42. The summed E-state index contributed by atoms with van der Waals surface area (Å²) in [6, 6.07) is 8.69. The van der Waals surface area contributed by atoms with Crippen molar-refractivity contribution in [1.82, 2.24) is 0 Å². The molecule has 0 atom stereocenters. The summed E-state index contributed by atoms with van der Waals surface area (Å²) >= 11 is 0. The molecule has 3 aromatic rings. The lowest BCUT2D eigenvalue weighted by atomic mass is 10.2. The van der Waals surface area contributed by atoms with Crippen LogP contribution in [0, 0.1) is 0 Å². The third-order valence-electron chi connectivity index (χ3n) is 4.20. The SMILES string of the molecule is COC(=O)c1oc2ccc(OC)cc2c1Nc1cc(OC)c(OC)c(OC)c1. The maximum absolute atomic E-state index is 12.2. The predicted octanol–water partition coefficient (Wildman–Crippen LogP) is 4.00. The van der Waals surface area contributed by atoms with Crippen molar-refractivity contribution in [3.8, 4) is 23.0 Å². The molecule has 8 nitrogen and oxygen atoms in total. The van der Waals surface area contributed by atoms with E-state index in [1.807, 2.05) is 0 Å². The van der Waals surface area contributed by atoms with Crippen molar-refractivity contribution in [2.24, 2.45) is 0 Å². The minimum atomic E-state index is -0.606. The zero-order chi connectivity index (χ0) is 20.3. The number of benzene rings is 2. The summed E-state index contributed by atoms with van der Waals surface area (Å²) in [5.74, 6) is 1.45. The van der Waals surface area contributed by atoms with Crippen LogP contribution in [0.1, 0.15) is 10.6 Å². The van der Waals surface area contributed by atoms with Gasteiger partial charge in [0, 0.05) is 23.2 Å². The van der Waals surface area contributed by atoms with E-state index in [4.69, 9.17) is 28.1 Å². The molecule has 0 amide bonds. The van der Waals surface area contributed by atoms with Crippen LogP contribution in [-0.2, 0) is 4.74 Å². The van der Waals surface area contributed by atoms with E-state index in [0.29, 0.717) is 45.3 Å². The number of methoxy groups -OCH3 is 5. The van der Waals surface area contributed by atoms with Crippen LogP contribution in [0.15, 0.2) is 34.7 Å². The predicted molar refractivity (Wildman–Crippen MR) is 103 cm³/mol. The molecular formula is C20H21NO7. The first-order chi connectivity index (χ1) is 13.6. The van der Waals surface area contributed by atoms with Gasteiger partial charge in [0.15, 0.2) is 11.5 Å². The lowest BCUT2D eigenvalue weighted by Crippen LogP contribution is -2.04. The van der Waals surface area contributed by atoms with Crippen LogP contribution in [0.4, 0.5) is 11.4 Å². The van der Waals surface area contributed by atoms with E-state index in [1.54, 1.807) is 37.4 Å². The molecule has 0 saturated carbocycles. The van der Waals surface area contributed by atoms with Gasteiger partial charge in [0.05, 0.1) is 35.5 Å². The maximum Gasteiger partial charge on any atom is 0.376 e. The minimum Gasteiger partial charge on any atom is -0.497 e. The first-order valence-electron chi connectivity index (χ1n) is 8.32. The van der Waals surface area contributed by atoms with Gasteiger partial charge in [-0.25, -0.2) is 4.79 Å². The van der Waals surface area contributed by atoms with Gasteiger partial charge in [0.1, 0.15) is 17.0 Å². The molecular weight excluding hydrogens is 366 g/mol. The van der Waals surface area contributed by atoms with E-state index >= 15 is 0 Å². The Morgan fingerprint density at radius 3 is 2.11 bits per heavy atom. The van der Waals surface area contributed by atoms with Crippen LogP contribution >= 0.6 is 0 Å². The largest absolute Gasteiger partial charge is 0.497 e. The van der Waals surface area contributed by atoms with Gasteiger partial charge in [-0.15, -0.1) is 0 Å². The summed E-state index contributed by atoms with van der Waals surface area (Å²) in [4.78, 5) is 12.2.